The molecule has 0 fully saturated rings. The van der Waals surface area contributed by atoms with Gasteiger partial charge in [-0.15, -0.1) is 0 Å². The summed E-state index contributed by atoms with van der Waals surface area (Å²) in [6.07, 6.45) is -21.4. The number of rotatable bonds is 7. The SMILES string of the molecule is C=C(F)OC(F)(F)C(F)(OC(F)(F)C(F)(F)S(=O)(=O)[O-])C(F)(F)F. The molecule has 1 atom stereocenters. The van der Waals surface area contributed by atoms with Crippen molar-refractivity contribution in [2.75, 3.05) is 0 Å². The minimum Gasteiger partial charge on any atom is -0.743 e. The Balaban J connectivity index is 6.24. The van der Waals surface area contributed by atoms with Crippen molar-refractivity contribution in [3.63, 3.8) is 0 Å². The largest absolute Gasteiger partial charge is 0.743 e. The third-order valence-corrected chi connectivity index (χ3v) is 2.77. The molecule has 0 amide bonds. The molecule has 0 aliphatic heterocycles. The van der Waals surface area contributed by atoms with Crippen LogP contribution in [0.25, 0.3) is 0 Å². The second kappa shape index (κ2) is 5.87. The molecule has 0 aromatic carbocycles. The molecule has 0 bridgehead atoms. The zero-order valence-corrected chi connectivity index (χ0v) is 11.1. The first-order valence-corrected chi connectivity index (χ1v) is 6.11. The van der Waals surface area contributed by atoms with Gasteiger partial charge >= 0.3 is 29.5 Å². The highest BCUT2D eigenvalue weighted by Crippen LogP contribution is 2.53. The molecular weight excluding hydrogens is 405 g/mol. The zero-order valence-electron chi connectivity index (χ0n) is 10.3. The third kappa shape index (κ3) is 3.82. The molecule has 0 aliphatic carbocycles. The van der Waals surface area contributed by atoms with E-state index in [1.165, 1.54) is 0 Å². The molecule has 24 heavy (non-hydrogen) atoms. The van der Waals surface area contributed by atoms with Gasteiger partial charge in [0.1, 0.15) is 0 Å². The van der Waals surface area contributed by atoms with Crippen LogP contribution in [-0.2, 0) is 19.6 Å². The van der Waals surface area contributed by atoms with Crippen LogP contribution in [-0.4, -0.2) is 42.5 Å². The maximum Gasteiger partial charge on any atom is 0.471 e. The van der Waals surface area contributed by atoms with E-state index in [0.717, 1.165) is 0 Å². The second-order valence-electron chi connectivity index (χ2n) is 3.66. The van der Waals surface area contributed by atoms with Crippen LogP contribution in [0.1, 0.15) is 0 Å². The minimum absolute atomic E-state index is 1.61. The van der Waals surface area contributed by atoms with Gasteiger partial charge in [-0.25, -0.2) is 8.42 Å². The summed E-state index contributed by atoms with van der Waals surface area (Å²) in [7, 11) is -7.52. The van der Waals surface area contributed by atoms with Crippen LogP contribution >= 0.6 is 0 Å². The topological polar surface area (TPSA) is 75.7 Å². The number of halogens is 11. The molecule has 0 aliphatic rings. The highest BCUT2D eigenvalue weighted by atomic mass is 32.2. The summed E-state index contributed by atoms with van der Waals surface area (Å²) in [6.45, 7) is 1.78. The van der Waals surface area contributed by atoms with E-state index in [9.17, 15) is 61.3 Å². The maximum absolute atomic E-state index is 13.3. The first-order valence-electron chi connectivity index (χ1n) is 4.70. The van der Waals surface area contributed by atoms with Crippen molar-refractivity contribution >= 4 is 10.1 Å². The van der Waals surface area contributed by atoms with Gasteiger partial charge in [-0.2, -0.15) is 48.3 Å². The molecule has 144 valence electrons. The van der Waals surface area contributed by atoms with Gasteiger partial charge in [0.05, 0.1) is 0 Å². The summed E-state index contributed by atoms with van der Waals surface area (Å²) in [6, 6.07) is -2.89. The van der Waals surface area contributed by atoms with Gasteiger partial charge in [-0.3, -0.25) is 4.74 Å². The first kappa shape index (κ1) is 22.6. The predicted molar refractivity (Wildman–Crippen MR) is 46.9 cm³/mol. The minimum atomic E-state index is -7.52. The lowest BCUT2D eigenvalue weighted by atomic mass is 10.2. The first-order chi connectivity index (χ1) is 10.1. The van der Waals surface area contributed by atoms with Gasteiger partial charge in [0.2, 0.25) is 0 Å². The van der Waals surface area contributed by atoms with Crippen LogP contribution in [0.4, 0.5) is 48.3 Å². The number of hydrogen-bond donors (Lipinski definition) is 0. The summed E-state index contributed by atoms with van der Waals surface area (Å²) >= 11 is 0. The van der Waals surface area contributed by atoms with Crippen LogP contribution in [0.3, 0.4) is 0 Å². The van der Waals surface area contributed by atoms with Crippen molar-refractivity contribution in [2.45, 2.75) is 29.5 Å². The van der Waals surface area contributed by atoms with Crippen LogP contribution in [0, 0.1) is 0 Å². The van der Waals surface area contributed by atoms with Crippen LogP contribution in [0.5, 0.6) is 0 Å². The smallest absolute Gasteiger partial charge is 0.471 e. The Hall–Kier alpha value is -1.36. The van der Waals surface area contributed by atoms with E-state index >= 15 is 0 Å². The van der Waals surface area contributed by atoms with Crippen LogP contribution < -0.4 is 0 Å². The van der Waals surface area contributed by atoms with E-state index in [2.05, 4.69) is 4.74 Å². The third-order valence-electron chi connectivity index (χ3n) is 1.90. The van der Waals surface area contributed by atoms with E-state index in [1.807, 2.05) is 0 Å². The second-order valence-corrected chi connectivity index (χ2v) is 5.08. The number of ether oxygens (including phenoxy) is 2. The van der Waals surface area contributed by atoms with Crippen molar-refractivity contribution in [3.8, 4) is 0 Å². The molecule has 0 heterocycles. The molecule has 0 rings (SSSR count). The van der Waals surface area contributed by atoms with Crippen molar-refractivity contribution in [1.29, 1.82) is 0 Å². The molecule has 0 spiro atoms. The van der Waals surface area contributed by atoms with E-state index in [0.29, 0.717) is 0 Å². The summed E-state index contributed by atoms with van der Waals surface area (Å²) in [5.41, 5.74) is 0. The van der Waals surface area contributed by atoms with Gasteiger partial charge < -0.3 is 9.29 Å². The molecule has 0 aromatic heterocycles. The Morgan fingerprint density at radius 1 is 0.875 bits per heavy atom. The quantitative estimate of drug-likeness (QED) is 0.369. The Morgan fingerprint density at radius 3 is 1.50 bits per heavy atom. The van der Waals surface area contributed by atoms with E-state index in [4.69, 9.17) is 0 Å². The molecule has 0 N–H and O–H groups in total. The van der Waals surface area contributed by atoms with Gasteiger partial charge in [-0.1, -0.05) is 0 Å². The van der Waals surface area contributed by atoms with Crippen molar-refractivity contribution in [3.05, 3.63) is 12.6 Å². The van der Waals surface area contributed by atoms with Gasteiger partial charge in [-0.05, 0) is 6.58 Å². The molecular formula is C7H2F11O5S-. The Labute approximate surface area is 124 Å². The summed E-state index contributed by atoms with van der Waals surface area (Å²) < 4.78 is 172. The summed E-state index contributed by atoms with van der Waals surface area (Å²) in [4.78, 5) is 0. The fraction of sp³-hybridized carbons (Fsp3) is 0.714. The molecule has 0 saturated heterocycles. The van der Waals surface area contributed by atoms with Gasteiger partial charge in [0, 0.05) is 0 Å². The number of hydrogen-bond acceptors (Lipinski definition) is 5. The highest BCUT2D eigenvalue weighted by molar-refractivity contribution is 7.86. The molecule has 0 aromatic rings. The lowest BCUT2D eigenvalue weighted by Crippen LogP contribution is -2.64. The van der Waals surface area contributed by atoms with Crippen LogP contribution in [0.2, 0.25) is 0 Å². The monoisotopic (exact) mass is 407 g/mol. The van der Waals surface area contributed by atoms with E-state index in [-0.39, 0.29) is 0 Å². The van der Waals surface area contributed by atoms with Crippen LogP contribution in [0.15, 0.2) is 12.6 Å². The van der Waals surface area contributed by atoms with Crippen molar-refractivity contribution < 1.29 is 70.7 Å². The maximum atomic E-state index is 13.3. The van der Waals surface area contributed by atoms with E-state index < -0.39 is 45.6 Å². The van der Waals surface area contributed by atoms with E-state index in [1.54, 1.807) is 11.3 Å². The number of alkyl halides is 10. The summed E-state index contributed by atoms with van der Waals surface area (Å²) in [5, 5.41) is -7.12. The highest BCUT2D eigenvalue weighted by Gasteiger charge is 2.81. The lowest BCUT2D eigenvalue weighted by molar-refractivity contribution is -0.510. The average molecular weight is 407 g/mol. The normalized spacial score (nSPS) is 17.3. The molecule has 0 saturated carbocycles. The van der Waals surface area contributed by atoms with Gasteiger partial charge in [0.25, 0.3) is 6.01 Å². The fourth-order valence-corrected chi connectivity index (χ4v) is 1.20. The fourth-order valence-electron chi connectivity index (χ4n) is 0.869. The van der Waals surface area contributed by atoms with Gasteiger partial charge in [0.15, 0.2) is 10.1 Å². The lowest BCUT2D eigenvalue weighted by Gasteiger charge is -2.37. The average Bonchev–Trinajstić information content (AvgIpc) is 2.22. The molecule has 1 unspecified atom stereocenters. The molecule has 0 radical (unpaired) electrons. The Morgan fingerprint density at radius 2 is 1.25 bits per heavy atom. The summed E-state index contributed by atoms with van der Waals surface area (Å²) in [5.74, 6) is -7.22. The zero-order chi connectivity index (χ0) is 20.0. The molecule has 5 nitrogen and oxygen atoms in total. The standard InChI is InChI=1S/C7H3F11O5S/c1-2(8)22-5(13,14)3(9,4(10,11)12)23-6(15,16)7(17,18)24(19,20)21/h1H2,(H,19,20,21)/p-1. The Kier molecular flexibility index (Phi) is 5.53. The van der Waals surface area contributed by atoms with Crippen molar-refractivity contribution in [2.24, 2.45) is 0 Å². The Bertz CT molecular complexity index is 596. The molecule has 17 heteroatoms. The van der Waals surface area contributed by atoms with Crippen molar-refractivity contribution in [1.82, 2.24) is 0 Å². The predicted octanol–water partition coefficient (Wildman–Crippen LogP) is 3.01.